The number of nitrogens with one attached hydrogen (secondary N) is 2. The molecule has 0 aliphatic heterocycles. The Hall–Kier alpha value is -2.42. The topological polar surface area (TPSA) is 130 Å². The molecule has 1 amide bonds. The first kappa shape index (κ1) is 16.6. The first-order valence-electron chi connectivity index (χ1n) is 5.86. The first-order valence-corrected chi connectivity index (χ1v) is 5.86. The molecule has 2 aromatic heterocycles. The van der Waals surface area contributed by atoms with Gasteiger partial charge in [0.2, 0.25) is 11.9 Å². The minimum atomic E-state index is -1.08. The fourth-order valence-corrected chi connectivity index (χ4v) is 1.54. The van der Waals surface area contributed by atoms with Crippen LogP contribution >= 0.6 is 12.4 Å². The number of anilines is 1. The van der Waals surface area contributed by atoms with Gasteiger partial charge in [0.1, 0.15) is 6.54 Å². The molecule has 0 radical (unpaired) electrons. The van der Waals surface area contributed by atoms with Crippen molar-refractivity contribution in [2.24, 2.45) is 5.92 Å². The molecular formula is C11H14ClN5O4. The van der Waals surface area contributed by atoms with Crippen molar-refractivity contribution in [3.8, 4) is 0 Å². The molecule has 0 unspecified atom stereocenters. The fraction of sp³-hybridized carbons (Fsp3) is 0.364. The van der Waals surface area contributed by atoms with Crippen molar-refractivity contribution in [3.05, 3.63) is 16.7 Å². The summed E-state index contributed by atoms with van der Waals surface area (Å²) in [7, 11) is 0. The number of aliphatic carboxylic acids is 1. The van der Waals surface area contributed by atoms with Crippen molar-refractivity contribution >= 4 is 41.4 Å². The van der Waals surface area contributed by atoms with E-state index in [4.69, 9.17) is 5.11 Å². The third kappa shape index (κ3) is 3.57. The molecule has 21 heavy (non-hydrogen) atoms. The predicted octanol–water partition coefficient (Wildman–Crippen LogP) is 0.221. The molecule has 0 fully saturated rings. The molecule has 10 heteroatoms. The van der Waals surface area contributed by atoms with E-state index in [0.29, 0.717) is 0 Å². The monoisotopic (exact) mass is 315 g/mol. The van der Waals surface area contributed by atoms with Gasteiger partial charge in [0.05, 0.1) is 6.33 Å². The standard InChI is InChI=1S/C11H13N5O4.ClH/c1-5(2)9(19)14-11-13-8-7(10(20)15-11)12-4-16(8)3-6(17)18;/h4-5H,3H2,1-2H3,(H,17,18)(H2,13,14,15,19,20);1H. The Morgan fingerprint density at radius 2 is 2.14 bits per heavy atom. The van der Waals surface area contributed by atoms with E-state index in [1.807, 2.05) is 0 Å². The summed E-state index contributed by atoms with van der Waals surface area (Å²) >= 11 is 0. The largest absolute Gasteiger partial charge is 0.480 e. The van der Waals surface area contributed by atoms with Crippen LogP contribution in [0.3, 0.4) is 0 Å². The Bertz CT molecular complexity index is 736. The molecule has 2 heterocycles. The van der Waals surface area contributed by atoms with E-state index >= 15 is 0 Å². The second-order valence-corrected chi connectivity index (χ2v) is 4.50. The number of halogens is 1. The van der Waals surface area contributed by atoms with Crippen LogP contribution in [-0.4, -0.2) is 36.5 Å². The van der Waals surface area contributed by atoms with Gasteiger partial charge in [0.15, 0.2) is 11.2 Å². The van der Waals surface area contributed by atoms with Crippen LogP contribution in [0.4, 0.5) is 5.95 Å². The van der Waals surface area contributed by atoms with Gasteiger partial charge in [-0.15, -0.1) is 12.4 Å². The second kappa shape index (κ2) is 6.35. The average molecular weight is 316 g/mol. The lowest BCUT2D eigenvalue weighted by molar-refractivity contribution is -0.137. The summed E-state index contributed by atoms with van der Waals surface area (Å²) in [5.41, 5.74) is -0.415. The Morgan fingerprint density at radius 1 is 1.48 bits per heavy atom. The molecule has 0 aromatic carbocycles. The van der Waals surface area contributed by atoms with Crippen molar-refractivity contribution in [2.45, 2.75) is 20.4 Å². The number of aromatic nitrogens is 4. The summed E-state index contributed by atoms with van der Waals surface area (Å²) in [5, 5.41) is 11.2. The summed E-state index contributed by atoms with van der Waals surface area (Å²) < 4.78 is 1.22. The maximum absolute atomic E-state index is 11.8. The molecular weight excluding hydrogens is 302 g/mol. The van der Waals surface area contributed by atoms with Crippen LogP contribution in [-0.2, 0) is 16.1 Å². The number of hydrogen-bond donors (Lipinski definition) is 3. The number of nitrogens with zero attached hydrogens (tertiary/aromatic N) is 3. The van der Waals surface area contributed by atoms with Gasteiger partial charge in [0.25, 0.3) is 5.56 Å². The highest BCUT2D eigenvalue weighted by molar-refractivity contribution is 5.91. The number of fused-ring (bicyclic) bond motifs is 1. The van der Waals surface area contributed by atoms with Crippen molar-refractivity contribution < 1.29 is 14.7 Å². The van der Waals surface area contributed by atoms with E-state index in [1.165, 1.54) is 10.9 Å². The van der Waals surface area contributed by atoms with Gasteiger partial charge < -0.3 is 9.67 Å². The number of carboxylic acids is 1. The summed E-state index contributed by atoms with van der Waals surface area (Å²) in [4.78, 5) is 44.3. The number of rotatable bonds is 4. The van der Waals surface area contributed by atoms with Crippen LogP contribution in [0.15, 0.2) is 11.1 Å². The first-order chi connectivity index (χ1) is 9.38. The van der Waals surface area contributed by atoms with E-state index in [-0.39, 0.29) is 47.9 Å². The number of aromatic amines is 1. The molecule has 0 aliphatic carbocycles. The summed E-state index contributed by atoms with van der Waals surface area (Å²) in [6.45, 7) is 3.02. The SMILES string of the molecule is CC(C)C(=O)Nc1nc2c(ncn2CC(=O)O)c(=O)[nH]1.Cl. The minimum absolute atomic E-state index is 0. The number of amides is 1. The van der Waals surface area contributed by atoms with Crippen LogP contribution in [0.25, 0.3) is 11.2 Å². The molecule has 0 saturated carbocycles. The fourth-order valence-electron chi connectivity index (χ4n) is 1.54. The Kier molecular flexibility index (Phi) is 5.03. The smallest absolute Gasteiger partial charge is 0.323 e. The Morgan fingerprint density at radius 3 is 2.71 bits per heavy atom. The Balaban J connectivity index is 0.00000220. The maximum atomic E-state index is 11.8. The van der Waals surface area contributed by atoms with Gasteiger partial charge in [-0.2, -0.15) is 4.98 Å². The van der Waals surface area contributed by atoms with Gasteiger partial charge in [-0.25, -0.2) is 4.98 Å². The quantitative estimate of drug-likeness (QED) is 0.740. The zero-order chi connectivity index (χ0) is 14.9. The number of imidazole rings is 1. The number of hydrogen-bond acceptors (Lipinski definition) is 5. The maximum Gasteiger partial charge on any atom is 0.323 e. The van der Waals surface area contributed by atoms with Crippen LogP contribution in [0.5, 0.6) is 0 Å². The summed E-state index contributed by atoms with van der Waals surface area (Å²) in [6, 6.07) is 0. The zero-order valence-electron chi connectivity index (χ0n) is 11.3. The van der Waals surface area contributed by atoms with E-state index in [0.717, 1.165) is 0 Å². The molecule has 3 N–H and O–H groups in total. The molecule has 0 saturated heterocycles. The number of carbonyl (C=O) groups is 2. The minimum Gasteiger partial charge on any atom is -0.480 e. The van der Waals surface area contributed by atoms with Crippen molar-refractivity contribution in [3.63, 3.8) is 0 Å². The van der Waals surface area contributed by atoms with Gasteiger partial charge in [-0.05, 0) is 0 Å². The van der Waals surface area contributed by atoms with Gasteiger partial charge in [0, 0.05) is 5.92 Å². The molecule has 0 aliphatic rings. The van der Waals surface area contributed by atoms with Gasteiger partial charge >= 0.3 is 5.97 Å². The molecule has 0 spiro atoms. The van der Waals surface area contributed by atoms with E-state index in [2.05, 4.69) is 20.3 Å². The predicted molar refractivity (Wildman–Crippen MR) is 76.5 cm³/mol. The lowest BCUT2D eigenvalue weighted by atomic mass is 10.2. The van der Waals surface area contributed by atoms with Gasteiger partial charge in [-0.3, -0.25) is 24.7 Å². The molecule has 2 rings (SSSR count). The van der Waals surface area contributed by atoms with Gasteiger partial charge in [-0.1, -0.05) is 13.8 Å². The highest BCUT2D eigenvalue weighted by Crippen LogP contribution is 2.08. The zero-order valence-corrected chi connectivity index (χ0v) is 12.1. The highest BCUT2D eigenvalue weighted by Gasteiger charge is 2.14. The summed E-state index contributed by atoms with van der Waals surface area (Å²) in [5.74, 6) is -1.70. The molecule has 114 valence electrons. The number of carbonyl (C=O) groups excluding carboxylic acids is 1. The number of carboxylic acid groups (broad SMARTS) is 1. The average Bonchev–Trinajstić information content (AvgIpc) is 2.72. The molecule has 0 atom stereocenters. The lowest BCUT2D eigenvalue weighted by Crippen LogP contribution is -2.22. The lowest BCUT2D eigenvalue weighted by Gasteiger charge is -2.06. The van der Waals surface area contributed by atoms with Crippen molar-refractivity contribution in [2.75, 3.05) is 5.32 Å². The summed E-state index contributed by atoms with van der Waals surface area (Å²) in [6.07, 6.45) is 1.22. The van der Waals surface area contributed by atoms with Crippen molar-refractivity contribution in [1.29, 1.82) is 0 Å². The van der Waals surface area contributed by atoms with Crippen LogP contribution in [0.2, 0.25) is 0 Å². The second-order valence-electron chi connectivity index (χ2n) is 4.50. The highest BCUT2D eigenvalue weighted by atomic mass is 35.5. The van der Waals surface area contributed by atoms with Crippen molar-refractivity contribution in [1.82, 2.24) is 19.5 Å². The third-order valence-electron chi connectivity index (χ3n) is 2.55. The van der Waals surface area contributed by atoms with E-state index < -0.39 is 11.5 Å². The molecule has 9 nitrogen and oxygen atoms in total. The number of H-pyrrole nitrogens is 1. The van der Waals surface area contributed by atoms with Crippen LogP contribution in [0.1, 0.15) is 13.8 Å². The Labute approximate surface area is 124 Å². The normalized spacial score (nSPS) is 10.4. The molecule has 2 aromatic rings. The van der Waals surface area contributed by atoms with E-state index in [1.54, 1.807) is 13.8 Å². The van der Waals surface area contributed by atoms with Crippen LogP contribution in [0, 0.1) is 5.92 Å². The van der Waals surface area contributed by atoms with Crippen LogP contribution < -0.4 is 10.9 Å². The molecule has 0 bridgehead atoms. The third-order valence-corrected chi connectivity index (χ3v) is 2.55. The van der Waals surface area contributed by atoms with E-state index in [9.17, 15) is 14.4 Å².